The topological polar surface area (TPSA) is 81.6 Å². The fourth-order valence-corrected chi connectivity index (χ4v) is 2.45. The summed E-state index contributed by atoms with van der Waals surface area (Å²) < 4.78 is 0. The number of hydrogen-bond donors (Lipinski definition) is 2. The number of nitrogen functional groups attached to an aromatic ring is 1. The number of hydrazone groups is 1. The highest BCUT2D eigenvalue weighted by molar-refractivity contribution is 6.45. The molecule has 1 amide bonds. The lowest BCUT2D eigenvalue weighted by Gasteiger charge is -2.05. The molecule has 0 aliphatic carbocycles. The van der Waals surface area contributed by atoms with E-state index in [1.54, 1.807) is 6.21 Å². The minimum absolute atomic E-state index is 0.0109. The molecular weight excluding hydrogens is 359 g/mol. The quantitative estimate of drug-likeness (QED) is 0.489. The van der Waals surface area contributed by atoms with Crippen molar-refractivity contribution in [3.05, 3.63) is 56.8 Å². The van der Waals surface area contributed by atoms with Gasteiger partial charge in [0.15, 0.2) is 0 Å². The molecule has 0 radical (unpaired) electrons. The molecule has 0 aliphatic rings. The van der Waals surface area contributed by atoms with Crippen LogP contribution in [-0.4, -0.2) is 12.1 Å². The SMILES string of the molecule is C[C@@H](/C=N/NC(=O)c1[nH+]c(Cl)c(Cl)c(N)c1Cl)c1ccccc1. The third-order valence-corrected chi connectivity index (χ3v) is 4.30. The molecule has 1 aromatic carbocycles. The number of nitrogens with one attached hydrogen (secondary N) is 2. The van der Waals surface area contributed by atoms with Crippen LogP contribution in [0.2, 0.25) is 15.2 Å². The summed E-state index contributed by atoms with van der Waals surface area (Å²) in [6.07, 6.45) is 1.61. The first-order chi connectivity index (χ1) is 10.9. The Morgan fingerprint density at radius 2 is 1.91 bits per heavy atom. The number of carbonyl (C=O) groups excluding carboxylic acids is 1. The first-order valence-corrected chi connectivity index (χ1v) is 7.79. The van der Waals surface area contributed by atoms with Crippen LogP contribution in [0.3, 0.4) is 0 Å². The number of rotatable bonds is 4. The molecule has 0 saturated heterocycles. The number of anilines is 1. The number of halogens is 3. The van der Waals surface area contributed by atoms with E-state index in [0.717, 1.165) is 5.56 Å². The maximum absolute atomic E-state index is 12.1. The summed E-state index contributed by atoms with van der Waals surface area (Å²) in [6, 6.07) is 9.75. The molecule has 120 valence electrons. The van der Waals surface area contributed by atoms with E-state index in [9.17, 15) is 4.79 Å². The number of amides is 1. The van der Waals surface area contributed by atoms with Crippen LogP contribution < -0.4 is 16.1 Å². The second-order valence-corrected chi connectivity index (χ2v) is 5.91. The summed E-state index contributed by atoms with van der Waals surface area (Å²) in [5.41, 5.74) is 9.16. The third-order valence-electron chi connectivity index (χ3n) is 3.14. The van der Waals surface area contributed by atoms with Crippen LogP contribution >= 0.6 is 34.8 Å². The van der Waals surface area contributed by atoms with Crippen molar-refractivity contribution in [3.63, 3.8) is 0 Å². The highest BCUT2D eigenvalue weighted by atomic mass is 35.5. The van der Waals surface area contributed by atoms with Crippen LogP contribution in [0.25, 0.3) is 0 Å². The van der Waals surface area contributed by atoms with Crippen molar-refractivity contribution in [1.82, 2.24) is 5.43 Å². The van der Waals surface area contributed by atoms with Gasteiger partial charge >= 0.3 is 5.91 Å². The van der Waals surface area contributed by atoms with E-state index in [4.69, 9.17) is 40.5 Å². The molecule has 1 heterocycles. The first-order valence-electron chi connectivity index (χ1n) is 6.65. The van der Waals surface area contributed by atoms with Gasteiger partial charge in [0.1, 0.15) is 10.0 Å². The van der Waals surface area contributed by atoms with Gasteiger partial charge in [-0.15, -0.1) is 0 Å². The van der Waals surface area contributed by atoms with Gasteiger partial charge in [0.2, 0.25) is 0 Å². The van der Waals surface area contributed by atoms with E-state index in [1.165, 1.54) is 0 Å². The summed E-state index contributed by atoms with van der Waals surface area (Å²) >= 11 is 17.7. The van der Waals surface area contributed by atoms with E-state index in [0.29, 0.717) is 0 Å². The fraction of sp³-hybridized carbons (Fsp3) is 0.133. The Kier molecular flexibility index (Phi) is 5.82. The minimum atomic E-state index is -0.572. The number of nitrogens with two attached hydrogens (primary N) is 1. The van der Waals surface area contributed by atoms with Gasteiger partial charge in [0.25, 0.3) is 10.8 Å². The summed E-state index contributed by atoms with van der Waals surface area (Å²) in [6.45, 7) is 1.96. The lowest BCUT2D eigenvalue weighted by Crippen LogP contribution is -2.28. The number of aromatic amines is 1. The van der Waals surface area contributed by atoms with Crippen LogP contribution in [-0.2, 0) is 0 Å². The van der Waals surface area contributed by atoms with Crippen molar-refractivity contribution in [2.75, 3.05) is 5.73 Å². The van der Waals surface area contributed by atoms with Gasteiger partial charge in [-0.25, -0.2) is 5.43 Å². The van der Waals surface area contributed by atoms with Crippen molar-refractivity contribution in [3.8, 4) is 0 Å². The average molecular weight is 373 g/mol. The number of benzene rings is 1. The van der Waals surface area contributed by atoms with Gasteiger partial charge in [-0.05, 0) is 17.2 Å². The Morgan fingerprint density at radius 1 is 1.26 bits per heavy atom. The second-order valence-electron chi connectivity index (χ2n) is 4.77. The van der Waals surface area contributed by atoms with Crippen LogP contribution in [0.1, 0.15) is 28.9 Å². The van der Waals surface area contributed by atoms with Crippen LogP contribution in [0, 0.1) is 0 Å². The zero-order valence-electron chi connectivity index (χ0n) is 12.1. The smallest absolute Gasteiger partial charge is 0.337 e. The molecule has 0 spiro atoms. The van der Waals surface area contributed by atoms with Crippen molar-refractivity contribution in [2.45, 2.75) is 12.8 Å². The van der Waals surface area contributed by atoms with Crippen LogP contribution in [0.4, 0.5) is 5.69 Å². The Labute approximate surface area is 148 Å². The predicted molar refractivity (Wildman–Crippen MR) is 93.3 cm³/mol. The summed E-state index contributed by atoms with van der Waals surface area (Å²) in [5, 5.41) is 4.01. The molecule has 0 unspecified atom stereocenters. The summed E-state index contributed by atoms with van der Waals surface area (Å²) in [7, 11) is 0. The van der Waals surface area contributed by atoms with Crippen LogP contribution in [0.5, 0.6) is 0 Å². The maximum Gasteiger partial charge on any atom is 0.337 e. The number of pyridine rings is 1. The molecule has 0 fully saturated rings. The maximum atomic E-state index is 12.1. The molecule has 0 saturated carbocycles. The van der Waals surface area contributed by atoms with Gasteiger partial charge in [0, 0.05) is 12.1 Å². The normalized spacial score (nSPS) is 12.3. The number of aromatic nitrogens is 1. The lowest BCUT2D eigenvalue weighted by atomic mass is 10.0. The third kappa shape index (κ3) is 4.13. The molecule has 0 bridgehead atoms. The molecule has 23 heavy (non-hydrogen) atoms. The van der Waals surface area contributed by atoms with Gasteiger partial charge in [0.05, 0.1) is 5.69 Å². The van der Waals surface area contributed by atoms with E-state index in [-0.39, 0.29) is 32.5 Å². The molecule has 1 atom stereocenters. The van der Waals surface area contributed by atoms with Crippen molar-refractivity contribution < 1.29 is 9.78 Å². The zero-order chi connectivity index (χ0) is 17.0. The van der Waals surface area contributed by atoms with Crippen molar-refractivity contribution in [1.29, 1.82) is 0 Å². The molecule has 0 aliphatic heterocycles. The molecule has 8 heteroatoms. The van der Waals surface area contributed by atoms with Crippen molar-refractivity contribution >= 4 is 52.6 Å². The van der Waals surface area contributed by atoms with E-state index in [1.807, 2.05) is 37.3 Å². The second kappa shape index (κ2) is 7.64. The fourth-order valence-electron chi connectivity index (χ4n) is 1.83. The summed E-state index contributed by atoms with van der Waals surface area (Å²) in [5.74, 6) is -0.536. The number of nitrogens with zero attached hydrogens (tertiary/aromatic N) is 1. The van der Waals surface area contributed by atoms with Gasteiger partial charge in [-0.2, -0.15) is 10.1 Å². The largest absolute Gasteiger partial charge is 0.396 e. The Morgan fingerprint density at radius 3 is 2.57 bits per heavy atom. The molecule has 5 nitrogen and oxygen atoms in total. The molecule has 4 N–H and O–H groups in total. The predicted octanol–water partition coefficient (Wildman–Crippen LogP) is 3.56. The van der Waals surface area contributed by atoms with Gasteiger partial charge < -0.3 is 5.73 Å². The monoisotopic (exact) mass is 371 g/mol. The Hall–Kier alpha value is -1.82. The van der Waals surface area contributed by atoms with E-state index < -0.39 is 5.91 Å². The number of carbonyl (C=O) groups is 1. The lowest BCUT2D eigenvalue weighted by molar-refractivity contribution is -0.379. The average Bonchev–Trinajstić information content (AvgIpc) is 2.56. The first kappa shape index (κ1) is 17.5. The van der Waals surface area contributed by atoms with Crippen molar-refractivity contribution in [2.24, 2.45) is 5.10 Å². The molecule has 2 rings (SSSR count). The molecular formula is C15H14Cl3N4O+. The Bertz CT molecular complexity index is 750. The highest BCUT2D eigenvalue weighted by Gasteiger charge is 2.25. The molecule has 1 aromatic heterocycles. The summed E-state index contributed by atoms with van der Waals surface area (Å²) in [4.78, 5) is 14.7. The molecule has 2 aromatic rings. The number of hydrogen-bond acceptors (Lipinski definition) is 3. The standard InChI is InChI=1S/C15H13Cl3N4O/c1-8(9-5-3-2-4-6-9)7-20-22-15(23)13-10(16)12(19)11(17)14(18)21-13/h2-8H,1H3,(H2,19,21)(H,22,23)/p+1/b20-7+/t8-/m0/s1. The zero-order valence-corrected chi connectivity index (χ0v) is 14.4. The highest BCUT2D eigenvalue weighted by Crippen LogP contribution is 2.31. The van der Waals surface area contributed by atoms with E-state index in [2.05, 4.69) is 15.5 Å². The Balaban J connectivity index is 2.10. The number of H-pyrrole nitrogens is 1. The van der Waals surface area contributed by atoms with E-state index >= 15 is 0 Å². The van der Waals surface area contributed by atoms with Gasteiger partial charge in [-0.1, -0.05) is 60.5 Å². The van der Waals surface area contributed by atoms with Gasteiger partial charge in [-0.3, -0.25) is 4.79 Å². The van der Waals surface area contributed by atoms with Crippen LogP contribution in [0.15, 0.2) is 35.4 Å². The minimum Gasteiger partial charge on any atom is -0.396 e.